The lowest BCUT2D eigenvalue weighted by Gasteiger charge is -2.39. The van der Waals surface area contributed by atoms with Crippen molar-refractivity contribution in [1.82, 2.24) is 19.4 Å². The molecule has 0 atom stereocenters. The number of likely N-dealkylation sites (tertiary alicyclic amines) is 1. The lowest BCUT2D eigenvalue weighted by molar-refractivity contribution is -0.136. The van der Waals surface area contributed by atoms with Gasteiger partial charge in [-0.1, -0.05) is 36.4 Å². The third-order valence-corrected chi connectivity index (χ3v) is 4.44. The first-order chi connectivity index (χ1) is 11.8. The van der Waals surface area contributed by atoms with E-state index in [1.165, 1.54) is 5.56 Å². The van der Waals surface area contributed by atoms with Gasteiger partial charge in [0.25, 0.3) is 0 Å². The summed E-state index contributed by atoms with van der Waals surface area (Å²) in [5, 5.41) is 0. The number of nitrogens with zero attached hydrogens (tertiary/aromatic N) is 4. The number of hydrogen-bond acceptors (Lipinski definition) is 3. The van der Waals surface area contributed by atoms with Gasteiger partial charge in [-0.05, 0) is 11.6 Å². The molecular weight excluding hydrogens is 300 g/mol. The van der Waals surface area contributed by atoms with E-state index in [1.807, 2.05) is 58.3 Å². The predicted octanol–water partition coefficient (Wildman–Crippen LogP) is 2.57. The number of rotatable bonds is 4. The molecule has 5 nitrogen and oxygen atoms in total. The minimum absolute atomic E-state index is 0.130. The Kier molecular flexibility index (Phi) is 3.83. The van der Waals surface area contributed by atoms with Gasteiger partial charge in [0.05, 0.1) is 0 Å². The minimum Gasteiger partial charge on any atom is -0.340 e. The van der Waals surface area contributed by atoms with Crippen molar-refractivity contribution >= 4 is 5.91 Å². The average molecular weight is 318 g/mol. The number of aromatic nitrogens is 3. The number of imidazole rings is 1. The Bertz CT molecular complexity index is 823. The van der Waals surface area contributed by atoms with E-state index in [4.69, 9.17) is 0 Å². The van der Waals surface area contributed by atoms with Crippen molar-refractivity contribution in [1.29, 1.82) is 0 Å². The van der Waals surface area contributed by atoms with Crippen molar-refractivity contribution in [2.45, 2.75) is 12.5 Å². The van der Waals surface area contributed by atoms with Gasteiger partial charge in [0.15, 0.2) is 0 Å². The van der Waals surface area contributed by atoms with E-state index in [2.05, 4.69) is 16.0 Å². The number of carbonyl (C=O) groups is 1. The lowest BCUT2D eigenvalue weighted by Crippen LogP contribution is -2.49. The summed E-state index contributed by atoms with van der Waals surface area (Å²) in [6.45, 7) is 1.85. The standard InChI is InChI=1S/C19H18N4O/c24-18(23-12-17(13-23)16-7-4-8-20-11-16)14-22-10-9-21-19(22)15-5-2-1-3-6-15/h1-11,17H,12-14H2. The molecule has 0 aliphatic carbocycles. The first-order valence-electron chi connectivity index (χ1n) is 8.05. The zero-order valence-electron chi connectivity index (χ0n) is 13.2. The van der Waals surface area contributed by atoms with Crippen molar-refractivity contribution in [2.75, 3.05) is 13.1 Å². The molecule has 24 heavy (non-hydrogen) atoms. The van der Waals surface area contributed by atoms with Crippen molar-refractivity contribution in [3.05, 3.63) is 72.8 Å². The van der Waals surface area contributed by atoms with Gasteiger partial charge in [-0.15, -0.1) is 0 Å². The molecule has 0 bridgehead atoms. The molecular formula is C19H18N4O. The molecule has 3 heterocycles. The monoisotopic (exact) mass is 318 g/mol. The van der Waals surface area contributed by atoms with E-state index in [-0.39, 0.29) is 5.91 Å². The van der Waals surface area contributed by atoms with E-state index >= 15 is 0 Å². The normalized spacial score (nSPS) is 14.4. The second-order valence-electron chi connectivity index (χ2n) is 6.03. The van der Waals surface area contributed by atoms with Crippen LogP contribution in [0.3, 0.4) is 0 Å². The van der Waals surface area contributed by atoms with E-state index < -0.39 is 0 Å². The van der Waals surface area contributed by atoms with Gasteiger partial charge in [0.1, 0.15) is 12.4 Å². The minimum atomic E-state index is 0.130. The molecule has 1 saturated heterocycles. The summed E-state index contributed by atoms with van der Waals surface area (Å²) in [5.41, 5.74) is 2.22. The zero-order chi connectivity index (χ0) is 16.4. The molecule has 1 amide bonds. The van der Waals surface area contributed by atoms with Gasteiger partial charge in [0.2, 0.25) is 5.91 Å². The quantitative estimate of drug-likeness (QED) is 0.743. The summed E-state index contributed by atoms with van der Waals surface area (Å²) in [5.74, 6) is 1.36. The first-order valence-corrected chi connectivity index (χ1v) is 8.05. The fourth-order valence-electron chi connectivity index (χ4n) is 3.04. The van der Waals surface area contributed by atoms with E-state index in [9.17, 15) is 4.79 Å². The highest BCUT2D eigenvalue weighted by molar-refractivity contribution is 5.78. The first kappa shape index (κ1) is 14.6. The molecule has 2 aromatic heterocycles. The second kappa shape index (κ2) is 6.28. The summed E-state index contributed by atoms with van der Waals surface area (Å²) < 4.78 is 1.91. The van der Waals surface area contributed by atoms with Gasteiger partial charge in [-0.2, -0.15) is 0 Å². The summed E-state index contributed by atoms with van der Waals surface area (Å²) in [4.78, 5) is 22.9. The van der Waals surface area contributed by atoms with Crippen LogP contribution in [0.4, 0.5) is 0 Å². The average Bonchev–Trinajstić information content (AvgIpc) is 3.03. The number of carbonyl (C=O) groups excluding carboxylic acids is 1. The highest BCUT2D eigenvalue weighted by atomic mass is 16.2. The second-order valence-corrected chi connectivity index (χ2v) is 6.03. The predicted molar refractivity (Wildman–Crippen MR) is 91.2 cm³/mol. The van der Waals surface area contributed by atoms with Crippen LogP contribution in [0.1, 0.15) is 11.5 Å². The summed E-state index contributed by atoms with van der Waals surface area (Å²) in [6, 6.07) is 14.0. The Labute approximate surface area is 140 Å². The molecule has 0 spiro atoms. The molecule has 0 saturated carbocycles. The Morgan fingerprint density at radius 2 is 1.92 bits per heavy atom. The van der Waals surface area contributed by atoms with Gasteiger partial charge in [-0.3, -0.25) is 9.78 Å². The number of benzene rings is 1. The maximum Gasteiger partial charge on any atom is 0.242 e. The molecule has 0 radical (unpaired) electrons. The highest BCUT2D eigenvalue weighted by Crippen LogP contribution is 2.26. The molecule has 1 fully saturated rings. The Hall–Kier alpha value is -2.95. The molecule has 1 aliphatic rings. The SMILES string of the molecule is O=C(Cn1ccnc1-c1ccccc1)N1CC(c2cccnc2)C1. The smallest absolute Gasteiger partial charge is 0.242 e. The van der Waals surface area contributed by atoms with Crippen LogP contribution in [-0.2, 0) is 11.3 Å². The van der Waals surface area contributed by atoms with Crippen LogP contribution in [0.5, 0.6) is 0 Å². The van der Waals surface area contributed by atoms with Crippen molar-refractivity contribution in [2.24, 2.45) is 0 Å². The molecule has 1 aliphatic heterocycles. The van der Waals surface area contributed by atoms with Crippen LogP contribution < -0.4 is 0 Å². The zero-order valence-corrected chi connectivity index (χ0v) is 13.2. The van der Waals surface area contributed by atoms with Crippen LogP contribution in [0.25, 0.3) is 11.4 Å². The summed E-state index contributed by atoms with van der Waals surface area (Å²) >= 11 is 0. The van der Waals surface area contributed by atoms with Crippen LogP contribution >= 0.6 is 0 Å². The third kappa shape index (κ3) is 2.80. The fraction of sp³-hybridized carbons (Fsp3) is 0.211. The Morgan fingerprint density at radius 1 is 1.08 bits per heavy atom. The molecule has 0 N–H and O–H groups in total. The Balaban J connectivity index is 1.41. The Morgan fingerprint density at radius 3 is 2.67 bits per heavy atom. The molecule has 3 aromatic rings. The highest BCUT2D eigenvalue weighted by Gasteiger charge is 2.31. The topological polar surface area (TPSA) is 51.0 Å². The summed E-state index contributed by atoms with van der Waals surface area (Å²) in [6.07, 6.45) is 7.26. The van der Waals surface area contributed by atoms with Gasteiger partial charge in [-0.25, -0.2) is 4.98 Å². The van der Waals surface area contributed by atoms with E-state index in [1.54, 1.807) is 12.4 Å². The van der Waals surface area contributed by atoms with Crippen molar-refractivity contribution in [3.63, 3.8) is 0 Å². The van der Waals surface area contributed by atoms with Crippen LogP contribution in [0.2, 0.25) is 0 Å². The molecule has 4 rings (SSSR count). The van der Waals surface area contributed by atoms with Crippen molar-refractivity contribution in [3.8, 4) is 11.4 Å². The van der Waals surface area contributed by atoms with E-state index in [0.29, 0.717) is 12.5 Å². The molecule has 0 unspecified atom stereocenters. The van der Waals surface area contributed by atoms with Crippen LogP contribution in [-0.4, -0.2) is 38.4 Å². The molecule has 5 heteroatoms. The molecule has 1 aromatic carbocycles. The largest absolute Gasteiger partial charge is 0.340 e. The number of pyridine rings is 1. The van der Waals surface area contributed by atoms with Gasteiger partial charge >= 0.3 is 0 Å². The maximum atomic E-state index is 12.5. The lowest BCUT2D eigenvalue weighted by atomic mass is 9.93. The van der Waals surface area contributed by atoms with Gasteiger partial charge < -0.3 is 9.47 Å². The molecule has 120 valence electrons. The number of amides is 1. The van der Waals surface area contributed by atoms with Crippen LogP contribution in [0.15, 0.2) is 67.3 Å². The summed E-state index contributed by atoms with van der Waals surface area (Å²) in [7, 11) is 0. The fourth-order valence-corrected chi connectivity index (χ4v) is 3.04. The van der Waals surface area contributed by atoms with E-state index in [0.717, 1.165) is 24.5 Å². The maximum absolute atomic E-state index is 12.5. The van der Waals surface area contributed by atoms with Gasteiger partial charge in [0, 0.05) is 49.4 Å². The van der Waals surface area contributed by atoms with Crippen molar-refractivity contribution < 1.29 is 4.79 Å². The third-order valence-electron chi connectivity index (χ3n) is 4.44. The van der Waals surface area contributed by atoms with Crippen LogP contribution in [0, 0.1) is 0 Å². The number of hydrogen-bond donors (Lipinski definition) is 0.